The summed E-state index contributed by atoms with van der Waals surface area (Å²) in [6.45, 7) is 6.65. The molecule has 2 aromatic rings. The number of benzene rings is 2. The summed E-state index contributed by atoms with van der Waals surface area (Å²) in [4.78, 5) is 16.4. The maximum Gasteiger partial charge on any atom is 0.319 e. The van der Waals surface area contributed by atoms with Crippen LogP contribution in [0.2, 0.25) is 10.0 Å². The van der Waals surface area contributed by atoms with Crippen molar-refractivity contribution in [3.63, 3.8) is 0 Å². The summed E-state index contributed by atoms with van der Waals surface area (Å²) in [5.74, 6) is -0.0226. The number of urea groups is 1. The zero-order valence-electron chi connectivity index (χ0n) is 16.9. The monoisotopic (exact) mass is 434 g/mol. The van der Waals surface area contributed by atoms with Gasteiger partial charge >= 0.3 is 6.03 Å². The third-order valence-electron chi connectivity index (χ3n) is 5.96. The molecule has 1 aliphatic heterocycles. The number of halogens is 2. The van der Waals surface area contributed by atoms with Crippen LogP contribution in [0.4, 0.5) is 4.79 Å². The molecule has 0 spiro atoms. The fraction of sp³-hybridized carbons (Fsp3) is 0.435. The topological polar surface area (TPSA) is 43.8 Å². The van der Waals surface area contributed by atoms with Gasteiger partial charge in [0.05, 0.1) is 0 Å². The highest BCUT2D eigenvalue weighted by Gasteiger charge is 2.42. The van der Waals surface area contributed by atoms with Gasteiger partial charge in [-0.05, 0) is 68.0 Å². The van der Waals surface area contributed by atoms with Crippen molar-refractivity contribution in [1.29, 1.82) is 0 Å². The highest BCUT2D eigenvalue weighted by molar-refractivity contribution is 6.30. The van der Waals surface area contributed by atoms with E-state index in [4.69, 9.17) is 23.2 Å². The van der Waals surface area contributed by atoms with Crippen molar-refractivity contribution < 1.29 is 9.90 Å². The molecule has 1 heterocycles. The van der Waals surface area contributed by atoms with E-state index in [1.807, 2.05) is 47.9 Å². The third kappa shape index (κ3) is 4.55. The van der Waals surface area contributed by atoms with E-state index in [0.29, 0.717) is 36.2 Å². The first kappa shape index (κ1) is 21.9. The van der Waals surface area contributed by atoms with Gasteiger partial charge in [0.2, 0.25) is 0 Å². The molecule has 1 saturated heterocycles. The second-order valence-electron chi connectivity index (χ2n) is 7.50. The molecule has 6 heteroatoms. The number of nitrogens with zero attached hydrogens (tertiary/aromatic N) is 2. The van der Waals surface area contributed by atoms with Crippen LogP contribution in [0.15, 0.2) is 48.5 Å². The standard InChI is InChI=1S/C23H28Cl2N2O2/c1-3-26(4-2)22(28)27-15-13-19(14-16-27)23(29,17-5-9-20(24)10-6-17)18-7-11-21(25)12-8-18/h5-12,19,29H,3-4,13-16H2,1-2H3. The maximum atomic E-state index is 12.7. The number of carbonyl (C=O) groups is 1. The van der Waals surface area contributed by atoms with Gasteiger partial charge in [-0.1, -0.05) is 47.5 Å². The lowest BCUT2D eigenvalue weighted by Gasteiger charge is -2.43. The van der Waals surface area contributed by atoms with Gasteiger partial charge in [-0.25, -0.2) is 4.79 Å². The van der Waals surface area contributed by atoms with Crippen LogP contribution in [0.1, 0.15) is 37.8 Å². The Kier molecular flexibility index (Phi) is 7.10. The summed E-state index contributed by atoms with van der Waals surface area (Å²) >= 11 is 12.2. The van der Waals surface area contributed by atoms with Gasteiger partial charge in [-0.3, -0.25) is 0 Å². The van der Waals surface area contributed by atoms with E-state index in [1.54, 1.807) is 24.3 Å². The lowest BCUT2D eigenvalue weighted by atomic mass is 9.72. The van der Waals surface area contributed by atoms with Crippen molar-refractivity contribution in [1.82, 2.24) is 9.80 Å². The minimum atomic E-state index is -1.17. The summed E-state index contributed by atoms with van der Waals surface area (Å²) in [5, 5.41) is 13.2. The van der Waals surface area contributed by atoms with Crippen LogP contribution >= 0.6 is 23.2 Å². The number of hydrogen-bond acceptors (Lipinski definition) is 2. The van der Waals surface area contributed by atoms with Crippen molar-refractivity contribution >= 4 is 29.2 Å². The molecule has 0 atom stereocenters. The molecule has 1 aliphatic rings. The molecule has 0 aromatic heterocycles. The average Bonchev–Trinajstić information content (AvgIpc) is 2.75. The minimum Gasteiger partial charge on any atom is -0.380 e. The number of amides is 2. The molecule has 4 nitrogen and oxygen atoms in total. The van der Waals surface area contributed by atoms with Crippen molar-refractivity contribution in [2.75, 3.05) is 26.2 Å². The SMILES string of the molecule is CCN(CC)C(=O)N1CCC(C(O)(c2ccc(Cl)cc2)c2ccc(Cl)cc2)CC1. The zero-order chi connectivity index (χ0) is 21.0. The Hall–Kier alpha value is -1.75. The van der Waals surface area contributed by atoms with Crippen LogP contribution in [0.5, 0.6) is 0 Å². The van der Waals surface area contributed by atoms with Gasteiger partial charge in [0.25, 0.3) is 0 Å². The molecule has 2 amide bonds. The van der Waals surface area contributed by atoms with E-state index in [9.17, 15) is 9.90 Å². The van der Waals surface area contributed by atoms with Gasteiger partial charge in [0.1, 0.15) is 5.60 Å². The number of piperidine rings is 1. The van der Waals surface area contributed by atoms with Crippen molar-refractivity contribution in [3.05, 3.63) is 69.7 Å². The van der Waals surface area contributed by atoms with E-state index in [-0.39, 0.29) is 11.9 Å². The second kappa shape index (κ2) is 9.38. The Balaban J connectivity index is 1.87. The summed E-state index contributed by atoms with van der Waals surface area (Å²) < 4.78 is 0. The van der Waals surface area contributed by atoms with Crippen LogP contribution in [-0.4, -0.2) is 47.1 Å². The van der Waals surface area contributed by atoms with Crippen LogP contribution in [0.3, 0.4) is 0 Å². The van der Waals surface area contributed by atoms with Gasteiger partial charge < -0.3 is 14.9 Å². The summed E-state index contributed by atoms with van der Waals surface area (Å²) in [5.41, 5.74) is 0.440. The minimum absolute atomic E-state index is 0.0226. The van der Waals surface area contributed by atoms with E-state index < -0.39 is 5.60 Å². The molecule has 3 rings (SSSR count). The molecular formula is C23H28Cl2N2O2. The largest absolute Gasteiger partial charge is 0.380 e. The number of rotatable bonds is 5. The quantitative estimate of drug-likeness (QED) is 0.683. The third-order valence-corrected chi connectivity index (χ3v) is 6.46. The summed E-state index contributed by atoms with van der Waals surface area (Å²) in [6, 6.07) is 14.8. The predicted octanol–water partition coefficient (Wildman–Crippen LogP) is 5.40. The first-order valence-corrected chi connectivity index (χ1v) is 10.9. The Labute approximate surface area is 183 Å². The Morgan fingerprint density at radius 1 is 0.966 bits per heavy atom. The summed E-state index contributed by atoms with van der Waals surface area (Å²) in [7, 11) is 0. The smallest absolute Gasteiger partial charge is 0.319 e. The number of likely N-dealkylation sites (tertiary alicyclic amines) is 1. The van der Waals surface area contributed by atoms with Gasteiger partial charge in [-0.15, -0.1) is 0 Å². The second-order valence-corrected chi connectivity index (χ2v) is 8.37. The lowest BCUT2D eigenvalue weighted by Crippen LogP contribution is -2.50. The van der Waals surface area contributed by atoms with Gasteiger partial charge in [0, 0.05) is 36.2 Å². The predicted molar refractivity (Wildman–Crippen MR) is 119 cm³/mol. The Morgan fingerprint density at radius 2 is 1.38 bits per heavy atom. The van der Waals surface area contributed by atoms with E-state index in [1.165, 1.54) is 0 Å². The number of hydrogen-bond donors (Lipinski definition) is 1. The molecule has 0 bridgehead atoms. The molecule has 156 valence electrons. The highest BCUT2D eigenvalue weighted by atomic mass is 35.5. The van der Waals surface area contributed by atoms with E-state index in [2.05, 4.69) is 0 Å². The molecule has 2 aromatic carbocycles. The van der Waals surface area contributed by atoms with Crippen molar-refractivity contribution in [3.8, 4) is 0 Å². The molecule has 0 radical (unpaired) electrons. The Morgan fingerprint density at radius 3 is 1.76 bits per heavy atom. The summed E-state index contributed by atoms with van der Waals surface area (Å²) in [6.07, 6.45) is 1.43. The zero-order valence-corrected chi connectivity index (χ0v) is 18.5. The fourth-order valence-electron chi connectivity index (χ4n) is 4.23. The van der Waals surface area contributed by atoms with Gasteiger partial charge in [-0.2, -0.15) is 0 Å². The molecule has 0 unspecified atom stereocenters. The molecule has 1 N–H and O–H groups in total. The van der Waals surface area contributed by atoms with E-state index >= 15 is 0 Å². The van der Waals surface area contributed by atoms with Crippen LogP contribution in [0, 0.1) is 5.92 Å². The normalized spacial score (nSPS) is 15.4. The number of carbonyl (C=O) groups excluding carboxylic acids is 1. The highest BCUT2D eigenvalue weighted by Crippen LogP contribution is 2.42. The fourth-order valence-corrected chi connectivity index (χ4v) is 4.48. The maximum absolute atomic E-state index is 12.7. The lowest BCUT2D eigenvalue weighted by molar-refractivity contribution is -0.0109. The average molecular weight is 435 g/mol. The van der Waals surface area contributed by atoms with Gasteiger partial charge in [0.15, 0.2) is 0 Å². The van der Waals surface area contributed by atoms with Crippen LogP contribution < -0.4 is 0 Å². The first-order chi connectivity index (χ1) is 13.9. The van der Waals surface area contributed by atoms with Crippen LogP contribution in [0.25, 0.3) is 0 Å². The molecule has 0 aliphatic carbocycles. The molecule has 29 heavy (non-hydrogen) atoms. The first-order valence-electron chi connectivity index (χ1n) is 10.2. The van der Waals surface area contributed by atoms with Crippen LogP contribution in [-0.2, 0) is 5.60 Å². The molecule has 0 saturated carbocycles. The van der Waals surface area contributed by atoms with E-state index in [0.717, 1.165) is 24.0 Å². The number of aliphatic hydroxyl groups is 1. The molecular weight excluding hydrogens is 407 g/mol. The van der Waals surface area contributed by atoms with Crippen molar-refractivity contribution in [2.24, 2.45) is 5.92 Å². The Bertz CT molecular complexity index is 766. The van der Waals surface area contributed by atoms with Crippen molar-refractivity contribution in [2.45, 2.75) is 32.3 Å². The molecule has 1 fully saturated rings.